The molecule has 0 saturated heterocycles. The highest BCUT2D eigenvalue weighted by atomic mass is 35.5. The molecule has 2 aromatic carbocycles. The summed E-state index contributed by atoms with van der Waals surface area (Å²) in [4.78, 5) is 0. The summed E-state index contributed by atoms with van der Waals surface area (Å²) >= 11 is 12.1. The van der Waals surface area contributed by atoms with E-state index in [0.29, 0.717) is 10.0 Å². The highest BCUT2D eigenvalue weighted by molar-refractivity contribution is 6.42. The van der Waals surface area contributed by atoms with Crippen LogP contribution in [0.2, 0.25) is 10.0 Å². The Kier molecular flexibility index (Phi) is 3.67. The van der Waals surface area contributed by atoms with Gasteiger partial charge in [-0.05, 0) is 46.7 Å². The molecule has 0 fully saturated rings. The second-order valence-electron chi connectivity index (χ2n) is 6.70. The molecule has 0 aliphatic carbocycles. The van der Waals surface area contributed by atoms with Crippen molar-refractivity contribution in [2.75, 3.05) is 5.32 Å². The van der Waals surface area contributed by atoms with E-state index in [1.165, 1.54) is 22.4 Å². The number of fused-ring (bicyclic) bond motifs is 1. The predicted molar refractivity (Wildman–Crippen MR) is 91.7 cm³/mol. The Morgan fingerprint density at radius 1 is 1.00 bits per heavy atom. The molecule has 1 aliphatic heterocycles. The third kappa shape index (κ3) is 2.90. The zero-order valence-electron chi connectivity index (χ0n) is 12.5. The van der Waals surface area contributed by atoms with E-state index in [9.17, 15) is 0 Å². The lowest BCUT2D eigenvalue weighted by Crippen LogP contribution is -2.10. The van der Waals surface area contributed by atoms with Crippen molar-refractivity contribution in [3.63, 3.8) is 0 Å². The maximum absolute atomic E-state index is 6.13. The van der Waals surface area contributed by atoms with Gasteiger partial charge in [0.25, 0.3) is 0 Å². The van der Waals surface area contributed by atoms with Crippen LogP contribution in [-0.4, -0.2) is 0 Å². The van der Waals surface area contributed by atoms with Crippen LogP contribution in [0.25, 0.3) is 0 Å². The van der Waals surface area contributed by atoms with E-state index < -0.39 is 0 Å². The normalized spacial score (nSPS) is 17.5. The van der Waals surface area contributed by atoms with E-state index >= 15 is 0 Å². The number of halogens is 2. The van der Waals surface area contributed by atoms with Crippen LogP contribution in [0.15, 0.2) is 36.4 Å². The molecule has 21 heavy (non-hydrogen) atoms. The quantitative estimate of drug-likeness (QED) is 0.679. The van der Waals surface area contributed by atoms with Crippen LogP contribution < -0.4 is 5.32 Å². The summed E-state index contributed by atoms with van der Waals surface area (Å²) < 4.78 is 0. The zero-order chi connectivity index (χ0) is 15.2. The Balaban J connectivity index is 1.89. The highest BCUT2D eigenvalue weighted by Crippen LogP contribution is 2.38. The van der Waals surface area contributed by atoms with E-state index in [1.807, 2.05) is 18.2 Å². The maximum Gasteiger partial charge on any atom is 0.0595 e. The standard InChI is InChI=1S/C18H19Cl2N/c1-18(2,3)13-5-7-16-12(8-13)10-17(21-16)11-4-6-14(19)15(20)9-11/h4-9,17,21H,10H2,1-3H3. The van der Waals surface area contributed by atoms with Gasteiger partial charge in [-0.25, -0.2) is 0 Å². The van der Waals surface area contributed by atoms with Crippen LogP contribution in [0.3, 0.4) is 0 Å². The van der Waals surface area contributed by atoms with E-state index in [0.717, 1.165) is 6.42 Å². The fraction of sp³-hybridized carbons (Fsp3) is 0.333. The van der Waals surface area contributed by atoms with E-state index in [4.69, 9.17) is 23.2 Å². The molecule has 0 spiro atoms. The number of hydrogen-bond donors (Lipinski definition) is 1. The number of benzene rings is 2. The van der Waals surface area contributed by atoms with E-state index in [-0.39, 0.29) is 11.5 Å². The summed E-state index contributed by atoms with van der Waals surface area (Å²) in [6.07, 6.45) is 0.983. The van der Waals surface area contributed by atoms with Crippen LogP contribution in [0.4, 0.5) is 5.69 Å². The first kappa shape index (κ1) is 14.7. The van der Waals surface area contributed by atoms with Crippen molar-refractivity contribution in [3.8, 4) is 0 Å². The molecule has 1 aliphatic rings. The summed E-state index contributed by atoms with van der Waals surface area (Å²) in [6.45, 7) is 6.73. The second kappa shape index (κ2) is 5.23. The Morgan fingerprint density at radius 3 is 2.43 bits per heavy atom. The minimum absolute atomic E-state index is 0.177. The largest absolute Gasteiger partial charge is 0.378 e. The van der Waals surface area contributed by atoms with Crippen LogP contribution in [0.5, 0.6) is 0 Å². The van der Waals surface area contributed by atoms with Crippen LogP contribution in [0, 0.1) is 0 Å². The van der Waals surface area contributed by atoms with Gasteiger partial charge in [-0.15, -0.1) is 0 Å². The third-order valence-electron chi connectivity index (χ3n) is 4.07. The Bertz CT molecular complexity index is 686. The van der Waals surface area contributed by atoms with Crippen molar-refractivity contribution in [1.29, 1.82) is 0 Å². The lowest BCUT2D eigenvalue weighted by Gasteiger charge is -2.19. The molecule has 0 amide bonds. The molecule has 0 radical (unpaired) electrons. The molecular weight excluding hydrogens is 301 g/mol. The first-order chi connectivity index (χ1) is 9.84. The fourth-order valence-corrected chi connectivity index (χ4v) is 3.07. The lowest BCUT2D eigenvalue weighted by molar-refractivity contribution is 0.589. The number of hydrogen-bond acceptors (Lipinski definition) is 1. The topological polar surface area (TPSA) is 12.0 Å². The minimum atomic E-state index is 0.177. The Morgan fingerprint density at radius 2 is 1.76 bits per heavy atom. The molecule has 110 valence electrons. The first-order valence-corrected chi connectivity index (χ1v) is 7.95. The second-order valence-corrected chi connectivity index (χ2v) is 7.51. The van der Waals surface area contributed by atoms with Crippen molar-refractivity contribution in [2.24, 2.45) is 0 Å². The van der Waals surface area contributed by atoms with Gasteiger partial charge in [0.15, 0.2) is 0 Å². The number of rotatable bonds is 1. The fourth-order valence-electron chi connectivity index (χ4n) is 2.76. The van der Waals surface area contributed by atoms with Crippen molar-refractivity contribution in [1.82, 2.24) is 0 Å². The average Bonchev–Trinajstić information content (AvgIpc) is 2.83. The van der Waals surface area contributed by atoms with Gasteiger partial charge in [0, 0.05) is 5.69 Å². The molecule has 3 rings (SSSR count). The predicted octanol–water partition coefficient (Wildman–Crippen LogP) is 6.00. The van der Waals surface area contributed by atoms with Crippen LogP contribution >= 0.6 is 23.2 Å². The van der Waals surface area contributed by atoms with Gasteiger partial charge in [0.05, 0.1) is 16.1 Å². The Hall–Kier alpha value is -1.18. The summed E-state index contributed by atoms with van der Waals surface area (Å²) in [5.41, 5.74) is 5.32. The summed E-state index contributed by atoms with van der Waals surface area (Å²) in [5.74, 6) is 0. The first-order valence-electron chi connectivity index (χ1n) is 7.19. The van der Waals surface area contributed by atoms with Gasteiger partial charge in [0.1, 0.15) is 0 Å². The molecule has 1 heterocycles. The minimum Gasteiger partial charge on any atom is -0.378 e. The Labute approximate surface area is 136 Å². The summed E-state index contributed by atoms with van der Waals surface area (Å²) in [5, 5.41) is 4.79. The molecule has 0 saturated carbocycles. The van der Waals surface area contributed by atoms with Gasteiger partial charge in [-0.3, -0.25) is 0 Å². The molecule has 0 aromatic heterocycles. The van der Waals surface area contributed by atoms with Gasteiger partial charge in [-0.1, -0.05) is 62.2 Å². The summed E-state index contributed by atoms with van der Waals surface area (Å²) in [6, 6.07) is 12.9. The maximum atomic E-state index is 6.13. The molecule has 1 unspecified atom stereocenters. The molecule has 1 nitrogen and oxygen atoms in total. The van der Waals surface area contributed by atoms with Gasteiger partial charge in [0.2, 0.25) is 0 Å². The monoisotopic (exact) mass is 319 g/mol. The van der Waals surface area contributed by atoms with Gasteiger partial charge < -0.3 is 5.32 Å². The zero-order valence-corrected chi connectivity index (χ0v) is 14.0. The smallest absolute Gasteiger partial charge is 0.0595 e. The van der Waals surface area contributed by atoms with Gasteiger partial charge in [-0.2, -0.15) is 0 Å². The molecule has 0 bridgehead atoms. The molecule has 3 heteroatoms. The van der Waals surface area contributed by atoms with E-state index in [1.54, 1.807) is 0 Å². The molecular formula is C18H19Cl2N. The van der Waals surface area contributed by atoms with Crippen molar-refractivity contribution >= 4 is 28.9 Å². The van der Waals surface area contributed by atoms with Crippen LogP contribution in [-0.2, 0) is 11.8 Å². The SMILES string of the molecule is CC(C)(C)c1ccc2c(c1)CC(c1ccc(Cl)c(Cl)c1)N2. The van der Waals surface area contributed by atoms with Crippen molar-refractivity contribution < 1.29 is 0 Å². The molecule has 1 atom stereocenters. The van der Waals surface area contributed by atoms with Gasteiger partial charge >= 0.3 is 0 Å². The summed E-state index contributed by atoms with van der Waals surface area (Å²) in [7, 11) is 0. The average molecular weight is 320 g/mol. The van der Waals surface area contributed by atoms with E-state index in [2.05, 4.69) is 44.3 Å². The van der Waals surface area contributed by atoms with Crippen LogP contribution in [0.1, 0.15) is 43.5 Å². The molecule has 2 aromatic rings. The highest BCUT2D eigenvalue weighted by Gasteiger charge is 2.24. The number of nitrogens with one attached hydrogen (secondary N) is 1. The molecule has 1 N–H and O–H groups in total. The van der Waals surface area contributed by atoms with Crippen molar-refractivity contribution in [3.05, 3.63) is 63.1 Å². The van der Waals surface area contributed by atoms with Crippen molar-refractivity contribution in [2.45, 2.75) is 38.6 Å². The third-order valence-corrected chi connectivity index (χ3v) is 4.81. The number of anilines is 1. The lowest BCUT2D eigenvalue weighted by atomic mass is 9.85.